The van der Waals surface area contributed by atoms with E-state index in [2.05, 4.69) is 18.9 Å². The highest BCUT2D eigenvalue weighted by molar-refractivity contribution is 5.87. The van der Waals surface area contributed by atoms with Gasteiger partial charge in [-0.1, -0.05) is 6.92 Å². The first-order valence-electron chi connectivity index (χ1n) is 6.46. The summed E-state index contributed by atoms with van der Waals surface area (Å²) in [6.45, 7) is 6.51. The van der Waals surface area contributed by atoms with Gasteiger partial charge in [-0.05, 0) is 38.0 Å². The molecule has 2 aromatic heterocycles. The number of carboxylic acids is 1. The fourth-order valence-corrected chi connectivity index (χ4v) is 2.07. The molecular weight excluding hydrogens is 242 g/mol. The number of aromatic nitrogens is 3. The van der Waals surface area contributed by atoms with Gasteiger partial charge in [0.25, 0.3) is 0 Å². The van der Waals surface area contributed by atoms with Crippen LogP contribution in [0.5, 0.6) is 0 Å². The number of hydrogen-bond acceptors (Lipinski definition) is 2. The number of carboxylic acid groups (broad SMARTS) is 1. The predicted molar refractivity (Wildman–Crippen MR) is 72.5 cm³/mol. The Bertz CT molecular complexity index is 583. The second-order valence-electron chi connectivity index (χ2n) is 4.82. The van der Waals surface area contributed by atoms with Gasteiger partial charge in [0, 0.05) is 18.4 Å². The summed E-state index contributed by atoms with van der Waals surface area (Å²) in [5.41, 5.74) is 1.98. The van der Waals surface area contributed by atoms with Crippen molar-refractivity contribution in [2.45, 2.75) is 39.8 Å². The summed E-state index contributed by atoms with van der Waals surface area (Å²) in [5, 5.41) is 13.7. The topological polar surface area (TPSA) is 60.0 Å². The average molecular weight is 261 g/mol. The Morgan fingerprint density at radius 3 is 2.79 bits per heavy atom. The van der Waals surface area contributed by atoms with Crippen LogP contribution in [0.25, 0.3) is 0 Å². The minimum absolute atomic E-state index is 0.332. The van der Waals surface area contributed by atoms with Gasteiger partial charge in [0.2, 0.25) is 0 Å². The molecule has 102 valence electrons. The Kier molecular flexibility index (Phi) is 3.74. The molecule has 1 unspecified atom stereocenters. The van der Waals surface area contributed by atoms with Crippen LogP contribution in [0.2, 0.25) is 0 Å². The van der Waals surface area contributed by atoms with Crippen molar-refractivity contribution in [3.05, 3.63) is 41.5 Å². The molecule has 5 nitrogen and oxygen atoms in total. The molecule has 1 N–H and O–H groups in total. The van der Waals surface area contributed by atoms with E-state index >= 15 is 0 Å². The Morgan fingerprint density at radius 2 is 2.16 bits per heavy atom. The van der Waals surface area contributed by atoms with Crippen LogP contribution in [0, 0.1) is 6.92 Å². The number of carbonyl (C=O) groups is 1. The predicted octanol–water partition coefficient (Wildman–Crippen LogP) is 2.71. The van der Waals surface area contributed by atoms with Crippen LogP contribution >= 0.6 is 0 Å². The molecule has 19 heavy (non-hydrogen) atoms. The Labute approximate surface area is 112 Å². The van der Waals surface area contributed by atoms with E-state index in [1.54, 1.807) is 17.7 Å². The highest BCUT2D eigenvalue weighted by Crippen LogP contribution is 2.14. The van der Waals surface area contributed by atoms with Crippen molar-refractivity contribution in [3.8, 4) is 0 Å². The summed E-state index contributed by atoms with van der Waals surface area (Å²) >= 11 is 0. The zero-order chi connectivity index (χ0) is 14.0. The molecule has 0 aliphatic heterocycles. The summed E-state index contributed by atoms with van der Waals surface area (Å²) in [6, 6.07) is 4.11. The molecule has 0 saturated carbocycles. The lowest BCUT2D eigenvalue weighted by molar-refractivity contribution is 0.0685. The normalized spacial score (nSPS) is 12.6. The fraction of sp³-hybridized carbons (Fsp3) is 0.429. The van der Waals surface area contributed by atoms with Crippen molar-refractivity contribution >= 4 is 5.97 Å². The largest absolute Gasteiger partial charge is 0.477 e. The third-order valence-electron chi connectivity index (χ3n) is 3.41. The van der Waals surface area contributed by atoms with Gasteiger partial charge >= 0.3 is 5.97 Å². The molecule has 0 saturated heterocycles. The molecule has 0 spiro atoms. The first kappa shape index (κ1) is 13.4. The van der Waals surface area contributed by atoms with Crippen molar-refractivity contribution in [3.63, 3.8) is 0 Å². The molecule has 0 radical (unpaired) electrons. The van der Waals surface area contributed by atoms with Crippen LogP contribution in [-0.2, 0) is 6.54 Å². The van der Waals surface area contributed by atoms with Gasteiger partial charge in [-0.25, -0.2) is 4.79 Å². The molecule has 1 atom stereocenters. The molecule has 2 heterocycles. The van der Waals surface area contributed by atoms with Gasteiger partial charge in [0.05, 0.1) is 12.2 Å². The molecule has 0 fully saturated rings. The number of hydrogen-bond donors (Lipinski definition) is 1. The van der Waals surface area contributed by atoms with E-state index in [-0.39, 0.29) is 0 Å². The molecular formula is C14H19N3O2. The monoisotopic (exact) mass is 261 g/mol. The number of aromatic carboxylic acids is 1. The van der Waals surface area contributed by atoms with Crippen LogP contribution < -0.4 is 0 Å². The van der Waals surface area contributed by atoms with Crippen molar-refractivity contribution in [2.75, 3.05) is 0 Å². The lowest BCUT2D eigenvalue weighted by Crippen LogP contribution is -2.11. The Hall–Kier alpha value is -2.04. The van der Waals surface area contributed by atoms with Gasteiger partial charge in [-0.2, -0.15) is 5.10 Å². The van der Waals surface area contributed by atoms with E-state index in [1.165, 1.54) is 0 Å². The van der Waals surface area contributed by atoms with Crippen molar-refractivity contribution in [2.24, 2.45) is 0 Å². The van der Waals surface area contributed by atoms with Crippen molar-refractivity contribution in [1.29, 1.82) is 0 Å². The van der Waals surface area contributed by atoms with Crippen LogP contribution in [0.4, 0.5) is 0 Å². The van der Waals surface area contributed by atoms with Gasteiger partial charge in [0.15, 0.2) is 0 Å². The maximum Gasteiger partial charge on any atom is 0.352 e. The molecule has 0 aliphatic carbocycles. The van der Waals surface area contributed by atoms with Crippen LogP contribution in [0.1, 0.15) is 48.1 Å². The first-order chi connectivity index (χ1) is 9.02. The second kappa shape index (κ2) is 5.30. The minimum atomic E-state index is -0.899. The summed E-state index contributed by atoms with van der Waals surface area (Å²) < 4.78 is 3.65. The zero-order valence-electron chi connectivity index (χ0n) is 11.5. The summed E-state index contributed by atoms with van der Waals surface area (Å²) in [5.74, 6) is -0.899. The zero-order valence-corrected chi connectivity index (χ0v) is 11.5. The third kappa shape index (κ3) is 2.70. The average Bonchev–Trinajstić information content (AvgIpc) is 2.96. The summed E-state index contributed by atoms with van der Waals surface area (Å²) in [6.07, 6.45) is 4.76. The standard InChI is InChI=1S/C14H19N3O2/c1-4-11(3)17-8-6-12(15-17)9-16-7-5-10(2)13(16)14(18)19/h5-8,11H,4,9H2,1-3H3,(H,18,19). The van der Waals surface area contributed by atoms with E-state index in [1.807, 2.05) is 23.0 Å². The Morgan fingerprint density at radius 1 is 1.42 bits per heavy atom. The van der Waals surface area contributed by atoms with Gasteiger partial charge < -0.3 is 9.67 Å². The first-order valence-corrected chi connectivity index (χ1v) is 6.46. The maximum atomic E-state index is 11.2. The number of rotatable bonds is 5. The lowest BCUT2D eigenvalue weighted by atomic mass is 10.3. The van der Waals surface area contributed by atoms with Crippen molar-refractivity contribution in [1.82, 2.24) is 14.3 Å². The summed E-state index contributed by atoms with van der Waals surface area (Å²) in [4.78, 5) is 11.2. The SMILES string of the molecule is CCC(C)n1ccc(Cn2ccc(C)c2C(=O)O)n1. The van der Waals surface area contributed by atoms with Gasteiger partial charge in [-0.15, -0.1) is 0 Å². The highest BCUT2D eigenvalue weighted by Gasteiger charge is 2.14. The summed E-state index contributed by atoms with van der Waals surface area (Å²) in [7, 11) is 0. The van der Waals surface area contributed by atoms with E-state index in [0.29, 0.717) is 18.3 Å². The molecule has 2 rings (SSSR count). The highest BCUT2D eigenvalue weighted by atomic mass is 16.4. The third-order valence-corrected chi connectivity index (χ3v) is 3.41. The van der Waals surface area contributed by atoms with Gasteiger partial charge in [-0.3, -0.25) is 4.68 Å². The maximum absolute atomic E-state index is 11.2. The lowest BCUT2D eigenvalue weighted by Gasteiger charge is -2.08. The van der Waals surface area contributed by atoms with Crippen LogP contribution in [-0.4, -0.2) is 25.4 Å². The van der Waals surface area contributed by atoms with E-state index in [0.717, 1.165) is 17.7 Å². The van der Waals surface area contributed by atoms with E-state index in [4.69, 9.17) is 0 Å². The van der Waals surface area contributed by atoms with E-state index < -0.39 is 5.97 Å². The van der Waals surface area contributed by atoms with Crippen LogP contribution in [0.3, 0.4) is 0 Å². The van der Waals surface area contributed by atoms with E-state index in [9.17, 15) is 9.90 Å². The number of nitrogens with zero attached hydrogens (tertiary/aromatic N) is 3. The molecule has 0 bridgehead atoms. The van der Waals surface area contributed by atoms with Crippen LogP contribution in [0.15, 0.2) is 24.5 Å². The molecule has 0 aliphatic rings. The molecule has 0 aromatic carbocycles. The molecule has 0 amide bonds. The second-order valence-corrected chi connectivity index (χ2v) is 4.82. The smallest absolute Gasteiger partial charge is 0.352 e. The fourth-order valence-electron chi connectivity index (χ4n) is 2.07. The number of aryl methyl sites for hydroxylation is 1. The molecule has 2 aromatic rings. The Balaban J connectivity index is 2.22. The quantitative estimate of drug-likeness (QED) is 0.900. The minimum Gasteiger partial charge on any atom is -0.477 e. The molecule has 5 heteroatoms. The van der Waals surface area contributed by atoms with Crippen molar-refractivity contribution < 1.29 is 9.90 Å². The van der Waals surface area contributed by atoms with Gasteiger partial charge in [0.1, 0.15) is 5.69 Å².